The molecule has 0 aromatic rings. The van der Waals surface area contributed by atoms with Crippen LogP contribution in [0, 0.1) is 21.5 Å². The molecule has 0 atom stereocenters. The van der Waals surface area contributed by atoms with E-state index in [0.29, 0.717) is 0 Å². The van der Waals surface area contributed by atoms with Crippen LogP contribution in [0.25, 0.3) is 0 Å². The molecule has 4 heteroatoms. The molecule has 34 valence electrons. The van der Waals surface area contributed by atoms with E-state index in [4.69, 9.17) is 6.09 Å². The van der Waals surface area contributed by atoms with Crippen LogP contribution in [-0.2, 0) is 6.09 Å². The van der Waals surface area contributed by atoms with Gasteiger partial charge in [0.2, 0.25) is 0 Å². The molecular weight excluding hydrogens is 148 g/mol. The van der Waals surface area contributed by atoms with Crippen molar-refractivity contribution in [1.82, 2.24) is 0 Å². The first-order valence-corrected chi connectivity index (χ1v) is 1.39. The van der Waals surface area contributed by atoms with Crippen molar-refractivity contribution in [2.24, 2.45) is 0 Å². The van der Waals surface area contributed by atoms with Crippen molar-refractivity contribution in [3.05, 3.63) is 21.5 Å². The van der Waals surface area contributed by atoms with Crippen molar-refractivity contribution >= 4 is 73.6 Å². The van der Waals surface area contributed by atoms with E-state index in [1.165, 1.54) is 0 Å². The Labute approximate surface area is 99.2 Å². The van der Waals surface area contributed by atoms with Crippen LogP contribution in [0.1, 0.15) is 0 Å². The molecule has 0 radical (unpaired) electrons. The molecular formula is C3H6Ca2O2. The van der Waals surface area contributed by atoms with Gasteiger partial charge in [-0.2, -0.15) is 0 Å². The van der Waals surface area contributed by atoms with Gasteiger partial charge in [0.25, 0.3) is 0 Å². The minimum absolute atomic E-state index is 0. The minimum atomic E-state index is 0. The van der Waals surface area contributed by atoms with E-state index < -0.39 is 0 Å². The average Bonchev–Trinajstić information content (AvgIpc) is 1.50. The Bertz CT molecular complexity index is 22.1. The topological polar surface area (TPSA) is 37.0 Å². The third-order valence-electron chi connectivity index (χ3n) is 0. The summed E-state index contributed by atoms with van der Waals surface area (Å²) >= 11 is 0.125. The van der Waals surface area contributed by atoms with Gasteiger partial charge in [-0.1, -0.05) is 0 Å². The molecule has 7 heavy (non-hydrogen) atoms. The summed E-state index contributed by atoms with van der Waals surface area (Å²) in [5.74, 6) is 0. The Morgan fingerprint density at radius 2 is 1.14 bits per heavy atom. The van der Waals surface area contributed by atoms with Crippen LogP contribution in [-0.4, -0.2) is 73.6 Å². The molecule has 0 aliphatic rings. The van der Waals surface area contributed by atoms with E-state index in [1.807, 2.05) is 0 Å². The van der Waals surface area contributed by atoms with Gasteiger partial charge in [-0.25, -0.2) is 0 Å². The molecule has 0 saturated heterocycles. The van der Waals surface area contributed by atoms with Crippen LogP contribution >= 0.6 is 0 Å². The molecule has 0 bridgehead atoms. The summed E-state index contributed by atoms with van der Waals surface area (Å²) < 4.78 is 15.9. The second-order valence-electron chi connectivity index (χ2n) is 0. The molecule has 0 rings (SSSR count). The van der Waals surface area contributed by atoms with Crippen LogP contribution in [0.5, 0.6) is 0 Å². The number of hydrogen-bond donors (Lipinski definition) is 0. The molecule has 0 aliphatic heterocycles. The van der Waals surface area contributed by atoms with Crippen LogP contribution in [0.15, 0.2) is 0 Å². The Morgan fingerprint density at radius 1 is 1.14 bits per heavy atom. The first kappa shape index (κ1) is 35.7. The van der Waals surface area contributed by atoms with Crippen LogP contribution in [0.3, 0.4) is 0 Å². The summed E-state index contributed by atoms with van der Waals surface area (Å²) in [6.45, 7) is 4.50. The summed E-state index contributed by atoms with van der Waals surface area (Å²) in [4.78, 5) is 0. The van der Waals surface area contributed by atoms with Crippen LogP contribution < -0.4 is 0 Å². The predicted octanol–water partition coefficient (Wildman–Crippen LogP) is -0.0173. The number of hydrogen-bond acceptors (Lipinski definition) is 1. The summed E-state index contributed by atoms with van der Waals surface area (Å²) in [5, 5.41) is 0. The second-order valence-corrected chi connectivity index (χ2v) is 0. The number of rotatable bonds is 0. The maximum absolute atomic E-state index is 8.38. The Morgan fingerprint density at radius 3 is 1.14 bits per heavy atom. The molecule has 0 heterocycles. The van der Waals surface area contributed by atoms with Crippen LogP contribution in [0.4, 0.5) is 0 Å². The molecule has 0 spiro atoms. The van der Waals surface area contributed by atoms with Gasteiger partial charge in [0.05, 0.1) is 0 Å². The normalized spacial score (nSPS) is 1.14. The third-order valence-corrected chi connectivity index (χ3v) is 0. The first-order valence-electron chi connectivity index (χ1n) is 0.493. The molecule has 0 aromatic carbocycles. The third kappa shape index (κ3) is 69.8. The zero-order valence-electron chi connectivity index (χ0n) is 4.73. The monoisotopic (exact) mass is 154 g/mol. The van der Waals surface area contributed by atoms with E-state index in [2.05, 4.69) is 6.65 Å². The van der Waals surface area contributed by atoms with E-state index in [9.17, 15) is 0 Å². The van der Waals surface area contributed by atoms with Gasteiger partial charge in [0.1, 0.15) is 0 Å². The molecule has 0 aliphatic carbocycles. The SMILES string of the molecule is [C-]#[O+].[CH3-].[CH3-].[Ca+2].[O]=[Ca]. The van der Waals surface area contributed by atoms with Gasteiger partial charge in [0.15, 0.2) is 0 Å². The average molecular weight is 154 g/mol. The standard InChI is InChI=1S/CO.2CH3.2Ca.O/c1-2;;;;;/h;2*1H3;;;/q;2*-1;;+2;. The van der Waals surface area contributed by atoms with Gasteiger partial charge < -0.3 is 14.9 Å². The Kier molecular flexibility index (Phi) is 483. The summed E-state index contributed by atoms with van der Waals surface area (Å²) in [6.07, 6.45) is 0. The van der Waals surface area contributed by atoms with Crippen molar-refractivity contribution in [2.75, 3.05) is 0 Å². The molecule has 0 fully saturated rings. The molecule has 2 nitrogen and oxygen atoms in total. The summed E-state index contributed by atoms with van der Waals surface area (Å²) in [7, 11) is 0. The molecule has 0 unspecified atom stereocenters. The Hall–Kier alpha value is 2.06. The fourth-order valence-corrected chi connectivity index (χ4v) is 0. The van der Waals surface area contributed by atoms with Crippen molar-refractivity contribution in [2.45, 2.75) is 0 Å². The molecule has 0 aromatic heterocycles. The van der Waals surface area contributed by atoms with Crippen molar-refractivity contribution < 1.29 is 6.09 Å². The van der Waals surface area contributed by atoms with Crippen molar-refractivity contribution in [3.8, 4) is 0 Å². The quantitative estimate of drug-likeness (QED) is 0.274. The summed E-state index contributed by atoms with van der Waals surface area (Å²) in [5.41, 5.74) is 0. The zero-order valence-corrected chi connectivity index (χ0v) is 9.15. The van der Waals surface area contributed by atoms with Crippen molar-refractivity contribution in [3.63, 3.8) is 0 Å². The predicted molar refractivity (Wildman–Crippen MR) is 29.0 cm³/mol. The van der Waals surface area contributed by atoms with E-state index >= 15 is 0 Å². The molecule has 0 amide bonds. The van der Waals surface area contributed by atoms with Gasteiger partial charge in [-0.3, -0.25) is 0 Å². The van der Waals surface area contributed by atoms with E-state index in [1.54, 1.807) is 0 Å². The maximum atomic E-state index is 8.38. The van der Waals surface area contributed by atoms with Gasteiger partial charge in [-0.05, 0) is 0 Å². The summed E-state index contributed by atoms with van der Waals surface area (Å²) in [6, 6.07) is 0. The fraction of sp³-hybridized carbons (Fsp3) is 0. The zero-order chi connectivity index (χ0) is 4.00. The van der Waals surface area contributed by atoms with E-state index in [-0.39, 0.29) is 88.5 Å². The van der Waals surface area contributed by atoms with Gasteiger partial charge >= 0.3 is 86.4 Å². The van der Waals surface area contributed by atoms with Crippen LogP contribution in [0.2, 0.25) is 0 Å². The Balaban J connectivity index is -0.00000000267. The van der Waals surface area contributed by atoms with Crippen molar-refractivity contribution in [1.29, 1.82) is 0 Å². The van der Waals surface area contributed by atoms with Gasteiger partial charge in [-0.15, -0.1) is 0 Å². The fourth-order valence-electron chi connectivity index (χ4n) is 0. The van der Waals surface area contributed by atoms with E-state index in [0.717, 1.165) is 0 Å². The second kappa shape index (κ2) is 94.7. The molecule has 0 N–H and O–H groups in total. The first-order chi connectivity index (χ1) is 2.00. The molecule has 0 saturated carbocycles. The van der Waals surface area contributed by atoms with Gasteiger partial charge in [0, 0.05) is 0 Å².